The Kier molecular flexibility index (Phi) is 4.49. The van der Waals surface area contributed by atoms with E-state index >= 15 is 0 Å². The number of halogens is 4. The van der Waals surface area contributed by atoms with Crippen LogP contribution in [0, 0.1) is 10.1 Å². The molecule has 2 rings (SSSR count). The van der Waals surface area contributed by atoms with Gasteiger partial charge in [-0.1, -0.05) is 34.8 Å². The number of nitrogens with zero attached hydrogens (tertiary/aromatic N) is 3. The molecule has 0 radical (unpaired) electrons. The van der Waals surface area contributed by atoms with Crippen LogP contribution >= 0.6 is 46.4 Å². The van der Waals surface area contributed by atoms with Crippen LogP contribution in [0.25, 0.3) is 0 Å². The molecule has 0 N–H and O–H groups in total. The van der Waals surface area contributed by atoms with Gasteiger partial charge in [-0.2, -0.15) is 4.98 Å². The fourth-order valence-electron chi connectivity index (χ4n) is 1.25. The van der Waals surface area contributed by atoms with Crippen LogP contribution in [0.3, 0.4) is 0 Å². The van der Waals surface area contributed by atoms with E-state index in [1.54, 1.807) is 0 Å². The summed E-state index contributed by atoms with van der Waals surface area (Å²) in [7, 11) is 0. The first kappa shape index (κ1) is 15.1. The summed E-state index contributed by atoms with van der Waals surface area (Å²) in [5.74, 6) is -0.0834. The summed E-state index contributed by atoms with van der Waals surface area (Å²) in [6.45, 7) is 0. The van der Waals surface area contributed by atoms with Crippen molar-refractivity contribution in [2.24, 2.45) is 0 Å². The number of non-ortho nitro benzene ring substituents is 1. The highest BCUT2D eigenvalue weighted by atomic mass is 35.5. The normalized spacial score (nSPS) is 10.4. The molecule has 104 valence electrons. The number of aromatic nitrogens is 2. The van der Waals surface area contributed by atoms with Crippen molar-refractivity contribution in [1.29, 1.82) is 0 Å². The molecule has 0 aliphatic heterocycles. The summed E-state index contributed by atoms with van der Waals surface area (Å²) < 4.78 is 5.33. The number of nitro groups is 1. The van der Waals surface area contributed by atoms with Crippen molar-refractivity contribution in [2.45, 2.75) is 0 Å². The van der Waals surface area contributed by atoms with Crippen molar-refractivity contribution >= 4 is 52.1 Å². The number of hydrogen-bond donors (Lipinski definition) is 0. The minimum absolute atomic E-state index is 0.0180. The number of hydrogen-bond acceptors (Lipinski definition) is 5. The first-order chi connectivity index (χ1) is 9.38. The van der Waals surface area contributed by atoms with E-state index in [4.69, 9.17) is 51.1 Å². The van der Waals surface area contributed by atoms with Gasteiger partial charge in [0.15, 0.2) is 5.75 Å². The molecule has 20 heavy (non-hydrogen) atoms. The first-order valence-corrected chi connectivity index (χ1v) is 6.39. The van der Waals surface area contributed by atoms with Crippen LogP contribution in [0.1, 0.15) is 0 Å². The summed E-state index contributed by atoms with van der Waals surface area (Å²) in [5, 5.41) is 10.5. The van der Waals surface area contributed by atoms with E-state index in [2.05, 4.69) is 9.97 Å². The summed E-state index contributed by atoms with van der Waals surface area (Å²) >= 11 is 23.2. The lowest BCUT2D eigenvalue weighted by Crippen LogP contribution is -1.94. The van der Waals surface area contributed by atoms with E-state index < -0.39 is 4.92 Å². The number of nitro benzene ring substituents is 1. The van der Waals surface area contributed by atoms with Gasteiger partial charge < -0.3 is 4.74 Å². The molecule has 0 saturated carbocycles. The Morgan fingerprint density at radius 3 is 2.25 bits per heavy atom. The van der Waals surface area contributed by atoms with Crippen molar-refractivity contribution in [2.75, 3.05) is 0 Å². The quantitative estimate of drug-likeness (QED) is 0.449. The fraction of sp³-hybridized carbons (Fsp3) is 0. The van der Waals surface area contributed by atoms with Crippen LogP contribution in [-0.2, 0) is 0 Å². The topological polar surface area (TPSA) is 78.2 Å². The highest BCUT2D eigenvalue weighted by molar-refractivity contribution is 6.37. The molecule has 10 heteroatoms. The third-order valence-electron chi connectivity index (χ3n) is 2.08. The van der Waals surface area contributed by atoms with Gasteiger partial charge in [0.25, 0.3) is 5.69 Å². The van der Waals surface area contributed by atoms with E-state index in [1.165, 1.54) is 6.20 Å². The summed E-state index contributed by atoms with van der Waals surface area (Å²) in [5.41, 5.74) is -0.265. The minimum Gasteiger partial charge on any atom is -0.434 e. The van der Waals surface area contributed by atoms with E-state index in [9.17, 15) is 10.1 Å². The Balaban J connectivity index is 2.44. The molecule has 0 amide bonds. The van der Waals surface area contributed by atoms with Gasteiger partial charge in [-0.25, -0.2) is 4.98 Å². The minimum atomic E-state index is -0.629. The first-order valence-electron chi connectivity index (χ1n) is 4.88. The zero-order valence-corrected chi connectivity index (χ0v) is 12.3. The summed E-state index contributed by atoms with van der Waals surface area (Å²) in [6.07, 6.45) is 1.24. The van der Waals surface area contributed by atoms with E-state index in [-0.39, 0.29) is 37.7 Å². The Bertz CT molecular complexity index is 672. The lowest BCUT2D eigenvalue weighted by atomic mass is 10.3. The van der Waals surface area contributed by atoms with Gasteiger partial charge in [0.1, 0.15) is 5.02 Å². The second kappa shape index (κ2) is 5.97. The Morgan fingerprint density at radius 2 is 1.70 bits per heavy atom. The fourth-order valence-corrected chi connectivity index (χ4v) is 2.06. The SMILES string of the molecule is O=[N+]([O-])c1cc(Cl)c(Oc2nc(Cl)ncc2Cl)c(Cl)c1. The number of benzene rings is 1. The largest absolute Gasteiger partial charge is 0.434 e. The molecule has 0 aliphatic carbocycles. The smallest absolute Gasteiger partial charge is 0.272 e. The van der Waals surface area contributed by atoms with Crippen LogP contribution in [0.15, 0.2) is 18.3 Å². The zero-order chi connectivity index (χ0) is 14.9. The van der Waals surface area contributed by atoms with Crippen molar-refractivity contribution in [3.05, 3.63) is 48.8 Å². The zero-order valence-electron chi connectivity index (χ0n) is 9.31. The highest BCUT2D eigenvalue weighted by Gasteiger charge is 2.18. The molecule has 0 bridgehead atoms. The van der Waals surface area contributed by atoms with Gasteiger partial charge in [0.05, 0.1) is 21.2 Å². The Hall–Kier alpha value is -1.34. The molecule has 0 saturated heterocycles. The van der Waals surface area contributed by atoms with Crippen molar-refractivity contribution in [3.63, 3.8) is 0 Å². The third-order valence-corrected chi connectivity index (χ3v) is 3.08. The maximum absolute atomic E-state index is 10.7. The predicted octanol–water partition coefficient (Wildman–Crippen LogP) is 4.79. The average Bonchev–Trinajstić information content (AvgIpc) is 2.37. The highest BCUT2D eigenvalue weighted by Crippen LogP contribution is 2.40. The van der Waals surface area contributed by atoms with Gasteiger partial charge in [-0.05, 0) is 11.6 Å². The van der Waals surface area contributed by atoms with E-state index in [0.717, 1.165) is 12.1 Å². The van der Waals surface area contributed by atoms with Crippen LogP contribution in [0.5, 0.6) is 11.6 Å². The number of rotatable bonds is 3. The second-order valence-electron chi connectivity index (χ2n) is 3.39. The van der Waals surface area contributed by atoms with Gasteiger partial charge in [-0.15, -0.1) is 0 Å². The molecule has 0 atom stereocenters. The molecule has 1 aromatic heterocycles. The molecule has 0 unspecified atom stereocenters. The molecule has 0 spiro atoms. The molecule has 1 heterocycles. The molecule has 0 fully saturated rings. The Morgan fingerprint density at radius 1 is 1.10 bits per heavy atom. The summed E-state index contributed by atoms with van der Waals surface area (Å²) in [4.78, 5) is 17.4. The average molecular weight is 355 g/mol. The van der Waals surface area contributed by atoms with Crippen LogP contribution in [0.2, 0.25) is 20.4 Å². The number of ether oxygens (including phenoxy) is 1. The monoisotopic (exact) mass is 353 g/mol. The molecule has 2 aromatic rings. The molecule has 1 aromatic carbocycles. The van der Waals surface area contributed by atoms with Gasteiger partial charge in [0.2, 0.25) is 11.2 Å². The maximum atomic E-state index is 10.7. The maximum Gasteiger partial charge on any atom is 0.272 e. The third kappa shape index (κ3) is 3.21. The standard InChI is InChI=1S/C10H3Cl4N3O3/c11-5-1-4(17(18)19)2-6(12)8(5)20-9-7(13)3-15-10(14)16-9/h1-3H. The van der Waals surface area contributed by atoms with E-state index in [1.807, 2.05) is 0 Å². The predicted molar refractivity (Wildman–Crippen MR) is 75.2 cm³/mol. The summed E-state index contributed by atoms with van der Waals surface area (Å²) in [6, 6.07) is 2.19. The van der Waals surface area contributed by atoms with Gasteiger partial charge in [-0.3, -0.25) is 10.1 Å². The van der Waals surface area contributed by atoms with Crippen molar-refractivity contribution < 1.29 is 9.66 Å². The van der Waals surface area contributed by atoms with Crippen LogP contribution < -0.4 is 4.74 Å². The molecule has 6 nitrogen and oxygen atoms in total. The second-order valence-corrected chi connectivity index (χ2v) is 4.95. The molecular formula is C10H3Cl4N3O3. The molecular weight excluding hydrogens is 352 g/mol. The van der Waals surface area contributed by atoms with Gasteiger partial charge in [0, 0.05) is 12.1 Å². The van der Waals surface area contributed by atoms with E-state index in [0.29, 0.717) is 0 Å². The van der Waals surface area contributed by atoms with Crippen molar-refractivity contribution in [1.82, 2.24) is 9.97 Å². The van der Waals surface area contributed by atoms with Gasteiger partial charge >= 0.3 is 0 Å². The lowest BCUT2D eigenvalue weighted by molar-refractivity contribution is -0.384. The van der Waals surface area contributed by atoms with Crippen LogP contribution in [-0.4, -0.2) is 14.9 Å². The molecule has 0 aliphatic rings. The van der Waals surface area contributed by atoms with Crippen molar-refractivity contribution in [3.8, 4) is 11.6 Å². The van der Waals surface area contributed by atoms with Crippen LogP contribution in [0.4, 0.5) is 5.69 Å². The Labute approximate surface area is 132 Å². The lowest BCUT2D eigenvalue weighted by Gasteiger charge is -2.09.